The van der Waals surface area contributed by atoms with E-state index in [1.54, 1.807) is 0 Å². The van der Waals surface area contributed by atoms with E-state index >= 15 is 0 Å². The lowest BCUT2D eigenvalue weighted by Crippen LogP contribution is -2.46. The fraction of sp³-hybridized carbons (Fsp3) is 0.875. The van der Waals surface area contributed by atoms with E-state index in [1.165, 1.54) is 6.42 Å². The number of amides is 1. The highest BCUT2D eigenvalue weighted by atomic mass is 16.4. The van der Waals surface area contributed by atoms with Crippen molar-refractivity contribution in [1.82, 2.24) is 5.32 Å². The summed E-state index contributed by atoms with van der Waals surface area (Å²) in [7, 11) is 0. The van der Waals surface area contributed by atoms with E-state index in [0.717, 1.165) is 12.8 Å². The third kappa shape index (κ3) is 3.74. The Bertz CT molecular complexity index is 350. The van der Waals surface area contributed by atoms with Gasteiger partial charge in [-0.05, 0) is 31.1 Å². The second-order valence-electron chi connectivity index (χ2n) is 6.41. The van der Waals surface area contributed by atoms with E-state index < -0.39 is 11.4 Å². The number of nitrogens with one attached hydrogen (secondary N) is 1. The summed E-state index contributed by atoms with van der Waals surface area (Å²) in [5.41, 5.74) is -0.909. The minimum Gasteiger partial charge on any atom is -0.481 e. The Morgan fingerprint density at radius 2 is 1.80 bits per heavy atom. The lowest BCUT2D eigenvalue weighted by Gasteiger charge is -2.35. The molecule has 0 heterocycles. The summed E-state index contributed by atoms with van der Waals surface area (Å²) in [6, 6.07) is 0.200. The van der Waals surface area contributed by atoms with Crippen molar-refractivity contribution in [2.75, 3.05) is 0 Å². The Kier molecular flexibility index (Phi) is 6.03. The van der Waals surface area contributed by atoms with Crippen LogP contribution in [0.15, 0.2) is 0 Å². The molecule has 0 aromatic rings. The number of carbonyl (C=O) groups excluding carboxylic acids is 1. The first-order valence-corrected chi connectivity index (χ1v) is 7.89. The van der Waals surface area contributed by atoms with Crippen molar-refractivity contribution in [2.45, 2.75) is 72.3 Å². The van der Waals surface area contributed by atoms with Crippen molar-refractivity contribution in [1.29, 1.82) is 0 Å². The minimum absolute atomic E-state index is 0.0902. The second-order valence-corrected chi connectivity index (χ2v) is 6.41. The summed E-state index contributed by atoms with van der Waals surface area (Å²) in [6.45, 7) is 8.09. The molecule has 0 aromatic heterocycles. The summed E-state index contributed by atoms with van der Waals surface area (Å²) >= 11 is 0. The van der Waals surface area contributed by atoms with Crippen molar-refractivity contribution in [3.63, 3.8) is 0 Å². The van der Waals surface area contributed by atoms with Crippen LogP contribution in [0.25, 0.3) is 0 Å². The molecule has 1 rings (SSSR count). The maximum atomic E-state index is 12.2. The standard InChI is InChI=1S/C16H29NO3/c1-5-16(6-2,15(19)20)10-14(18)17-13-9-7-8-11(3)12(13)4/h11-13H,5-10H2,1-4H3,(H,17,18)(H,19,20). The Labute approximate surface area is 122 Å². The van der Waals surface area contributed by atoms with Gasteiger partial charge >= 0.3 is 5.97 Å². The smallest absolute Gasteiger partial charge is 0.310 e. The van der Waals surface area contributed by atoms with Crippen molar-refractivity contribution in [3.8, 4) is 0 Å². The molecule has 0 radical (unpaired) electrons. The molecule has 1 fully saturated rings. The van der Waals surface area contributed by atoms with Gasteiger partial charge in [-0.15, -0.1) is 0 Å². The van der Waals surface area contributed by atoms with Gasteiger partial charge in [0.2, 0.25) is 5.91 Å². The van der Waals surface area contributed by atoms with Gasteiger partial charge in [-0.2, -0.15) is 0 Å². The van der Waals surface area contributed by atoms with Gasteiger partial charge in [0.15, 0.2) is 0 Å². The van der Waals surface area contributed by atoms with Gasteiger partial charge in [0.25, 0.3) is 0 Å². The highest BCUT2D eigenvalue weighted by Gasteiger charge is 2.38. The zero-order valence-electron chi connectivity index (χ0n) is 13.2. The van der Waals surface area contributed by atoms with Crippen molar-refractivity contribution >= 4 is 11.9 Å². The van der Waals surface area contributed by atoms with Crippen LogP contribution in [0.3, 0.4) is 0 Å². The molecule has 0 saturated heterocycles. The van der Waals surface area contributed by atoms with Crippen LogP contribution in [0.4, 0.5) is 0 Å². The van der Waals surface area contributed by atoms with Gasteiger partial charge in [0, 0.05) is 12.5 Å². The van der Waals surface area contributed by atoms with Gasteiger partial charge in [0.05, 0.1) is 5.41 Å². The highest BCUT2D eigenvalue weighted by Crippen LogP contribution is 2.32. The SMILES string of the molecule is CCC(CC)(CC(=O)NC1CCCC(C)C1C)C(=O)O. The summed E-state index contributed by atoms with van der Waals surface area (Å²) in [5, 5.41) is 12.5. The summed E-state index contributed by atoms with van der Waals surface area (Å²) in [6.07, 6.45) is 4.44. The fourth-order valence-electron chi connectivity index (χ4n) is 3.23. The van der Waals surface area contributed by atoms with Crippen LogP contribution < -0.4 is 5.32 Å². The second kappa shape index (κ2) is 7.09. The molecule has 116 valence electrons. The van der Waals surface area contributed by atoms with Crippen LogP contribution in [-0.2, 0) is 9.59 Å². The molecule has 0 aliphatic heterocycles. The molecule has 3 unspecified atom stereocenters. The van der Waals surface area contributed by atoms with Gasteiger partial charge in [-0.25, -0.2) is 0 Å². The first-order valence-electron chi connectivity index (χ1n) is 7.89. The van der Waals surface area contributed by atoms with Crippen LogP contribution in [0.2, 0.25) is 0 Å². The molecule has 2 N–H and O–H groups in total. The van der Waals surface area contributed by atoms with Crippen molar-refractivity contribution < 1.29 is 14.7 Å². The number of carboxylic acid groups (broad SMARTS) is 1. The fourth-order valence-corrected chi connectivity index (χ4v) is 3.23. The predicted molar refractivity (Wildman–Crippen MR) is 79.4 cm³/mol. The molecular weight excluding hydrogens is 254 g/mol. The van der Waals surface area contributed by atoms with E-state index in [1.807, 2.05) is 13.8 Å². The first-order chi connectivity index (χ1) is 9.36. The van der Waals surface area contributed by atoms with Crippen LogP contribution in [0.1, 0.15) is 66.2 Å². The van der Waals surface area contributed by atoms with Crippen LogP contribution in [0.5, 0.6) is 0 Å². The molecule has 0 spiro atoms. The van der Waals surface area contributed by atoms with Gasteiger partial charge in [0.1, 0.15) is 0 Å². The predicted octanol–water partition coefficient (Wildman–Crippen LogP) is 3.21. The monoisotopic (exact) mass is 283 g/mol. The molecule has 0 bridgehead atoms. The van der Waals surface area contributed by atoms with E-state index in [0.29, 0.717) is 24.7 Å². The third-order valence-corrected chi connectivity index (χ3v) is 5.36. The normalized spacial score (nSPS) is 27.1. The third-order valence-electron chi connectivity index (χ3n) is 5.36. The zero-order valence-corrected chi connectivity index (χ0v) is 13.2. The van der Waals surface area contributed by atoms with Gasteiger partial charge in [-0.3, -0.25) is 9.59 Å². The van der Waals surface area contributed by atoms with Gasteiger partial charge < -0.3 is 10.4 Å². The zero-order chi connectivity index (χ0) is 15.3. The Morgan fingerprint density at radius 3 is 2.30 bits per heavy atom. The topological polar surface area (TPSA) is 66.4 Å². The van der Waals surface area contributed by atoms with Crippen LogP contribution >= 0.6 is 0 Å². The number of aliphatic carboxylic acids is 1. The lowest BCUT2D eigenvalue weighted by molar-refractivity contribution is -0.152. The number of rotatable bonds is 6. The van der Waals surface area contributed by atoms with E-state index in [-0.39, 0.29) is 18.4 Å². The largest absolute Gasteiger partial charge is 0.481 e. The first kappa shape index (κ1) is 17.0. The molecule has 3 atom stereocenters. The maximum absolute atomic E-state index is 12.2. The number of hydrogen-bond donors (Lipinski definition) is 2. The lowest BCUT2D eigenvalue weighted by atomic mass is 9.76. The number of carboxylic acids is 1. The summed E-state index contributed by atoms with van der Waals surface area (Å²) in [5.74, 6) is 0.121. The molecule has 4 nitrogen and oxygen atoms in total. The molecule has 20 heavy (non-hydrogen) atoms. The number of carbonyl (C=O) groups is 2. The van der Waals surface area contributed by atoms with Crippen LogP contribution in [0, 0.1) is 17.3 Å². The highest BCUT2D eigenvalue weighted by molar-refractivity contribution is 5.85. The Balaban J connectivity index is 2.64. The average Bonchev–Trinajstić information content (AvgIpc) is 2.41. The minimum atomic E-state index is -0.909. The molecule has 1 aliphatic carbocycles. The average molecular weight is 283 g/mol. The Morgan fingerprint density at radius 1 is 1.20 bits per heavy atom. The van der Waals surface area contributed by atoms with E-state index in [4.69, 9.17) is 0 Å². The van der Waals surface area contributed by atoms with E-state index in [9.17, 15) is 14.7 Å². The van der Waals surface area contributed by atoms with Crippen molar-refractivity contribution in [3.05, 3.63) is 0 Å². The molecular formula is C16H29NO3. The molecule has 4 heteroatoms. The van der Waals surface area contributed by atoms with Crippen LogP contribution in [-0.4, -0.2) is 23.0 Å². The molecule has 1 amide bonds. The van der Waals surface area contributed by atoms with Gasteiger partial charge in [-0.1, -0.05) is 40.5 Å². The van der Waals surface area contributed by atoms with E-state index in [2.05, 4.69) is 19.2 Å². The summed E-state index contributed by atoms with van der Waals surface area (Å²) < 4.78 is 0. The number of hydrogen-bond acceptors (Lipinski definition) is 2. The molecule has 1 saturated carbocycles. The molecule has 0 aromatic carbocycles. The Hall–Kier alpha value is -1.06. The van der Waals surface area contributed by atoms with Crippen molar-refractivity contribution in [2.24, 2.45) is 17.3 Å². The molecule has 1 aliphatic rings. The summed E-state index contributed by atoms with van der Waals surface area (Å²) in [4.78, 5) is 23.7. The quantitative estimate of drug-likeness (QED) is 0.786. The maximum Gasteiger partial charge on any atom is 0.310 e.